The third-order valence-corrected chi connectivity index (χ3v) is 9.98. The number of benzene rings is 8. The smallest absolute Gasteiger partial charge is 0.128 e. The van der Waals surface area contributed by atoms with Crippen LogP contribution in [-0.4, -0.2) is 0 Å². The van der Waals surface area contributed by atoms with Gasteiger partial charge in [0.05, 0.1) is 0 Å². The number of rotatable bonds is 5. The average molecular weight is 603 g/mol. The molecule has 10 rings (SSSR count). The summed E-state index contributed by atoms with van der Waals surface area (Å²) in [6, 6.07) is 49.7. The average Bonchev–Trinajstić information content (AvgIpc) is 3.59. The molecule has 10 aromatic carbocycles. The molecule has 2 heteroatoms. The quantitative estimate of drug-likeness (QED) is 0.182. The molecule has 0 saturated carbocycles. The zero-order valence-electron chi connectivity index (χ0n) is 26.2. The van der Waals surface area contributed by atoms with Gasteiger partial charge in [-0.15, -0.1) is 0 Å². The maximum atomic E-state index is 6.31. The van der Waals surface area contributed by atoms with E-state index in [1.807, 2.05) is 60.7 Å². The van der Waals surface area contributed by atoms with Gasteiger partial charge >= 0.3 is 0 Å². The number of ether oxygens (including phenoxy) is 2. The molecule has 0 aliphatic carbocycles. The molecule has 222 valence electrons. The number of para-hydroxylation sites is 2. The van der Waals surface area contributed by atoms with Crippen molar-refractivity contribution in [3.05, 3.63) is 145 Å². The van der Waals surface area contributed by atoms with E-state index < -0.39 is 0 Å². The Morgan fingerprint density at radius 1 is 0.319 bits per heavy atom. The lowest BCUT2D eigenvalue weighted by Gasteiger charge is -2.13. The zero-order chi connectivity index (χ0) is 31.2. The standard InChI is InChI=1S/C45H30O2/c1-26(2)27-20-40-37-23-31(47-29-12-7-4-8-13-29)17-19-33(37)43-24-38-35-15-9-14-34-36-22-30(46-28-10-5-3-6-11-28)16-18-32(36)42(44(34)35)25-39(38)41(21-27)45(40)43/h3-26H,1-2H3. The Hall–Kier alpha value is -5.86. The Morgan fingerprint density at radius 2 is 0.745 bits per heavy atom. The van der Waals surface area contributed by atoms with E-state index >= 15 is 0 Å². The summed E-state index contributed by atoms with van der Waals surface area (Å²) in [6.07, 6.45) is 0. The van der Waals surface area contributed by atoms with Crippen molar-refractivity contribution < 1.29 is 9.47 Å². The summed E-state index contributed by atoms with van der Waals surface area (Å²) in [5.41, 5.74) is 1.35. The lowest BCUT2D eigenvalue weighted by atomic mass is 9.90. The molecular weight excluding hydrogens is 572 g/mol. The molecule has 0 aromatic heterocycles. The third-order valence-electron chi connectivity index (χ3n) is 9.98. The molecule has 0 radical (unpaired) electrons. The van der Waals surface area contributed by atoms with Crippen LogP contribution in [0, 0.1) is 0 Å². The SMILES string of the molecule is CC(C)c1cc2c3cc(Oc4ccccc4)ccc3c3cc4c(cc5c6ccc(Oc7ccccc7)cc6c6cccc4c65)c(c1)c23. The molecule has 0 aliphatic rings. The van der Waals surface area contributed by atoms with Gasteiger partial charge in [0.15, 0.2) is 0 Å². The minimum absolute atomic E-state index is 0.396. The van der Waals surface area contributed by atoms with Crippen LogP contribution in [0.3, 0.4) is 0 Å². The van der Waals surface area contributed by atoms with Gasteiger partial charge in [0, 0.05) is 0 Å². The van der Waals surface area contributed by atoms with E-state index in [4.69, 9.17) is 9.47 Å². The predicted octanol–water partition coefficient (Wildman–Crippen LogP) is 13.3. The normalized spacial score (nSPS) is 12.2. The second-order valence-corrected chi connectivity index (χ2v) is 13.1. The minimum atomic E-state index is 0.396. The first-order chi connectivity index (χ1) is 23.1. The van der Waals surface area contributed by atoms with Crippen molar-refractivity contribution in [2.24, 2.45) is 0 Å². The van der Waals surface area contributed by atoms with E-state index in [2.05, 4.69) is 92.7 Å². The third kappa shape index (κ3) is 3.91. The molecule has 0 saturated heterocycles. The number of hydrogen-bond donors (Lipinski definition) is 0. The van der Waals surface area contributed by atoms with Crippen LogP contribution in [0.4, 0.5) is 0 Å². The van der Waals surface area contributed by atoms with Crippen molar-refractivity contribution in [3.63, 3.8) is 0 Å². The second kappa shape index (κ2) is 9.82. The van der Waals surface area contributed by atoms with Crippen LogP contribution < -0.4 is 9.47 Å². The van der Waals surface area contributed by atoms with E-state index in [9.17, 15) is 0 Å². The van der Waals surface area contributed by atoms with Crippen molar-refractivity contribution in [3.8, 4) is 23.0 Å². The first kappa shape index (κ1) is 26.4. The van der Waals surface area contributed by atoms with Gasteiger partial charge in [0.25, 0.3) is 0 Å². The number of hydrogen-bond acceptors (Lipinski definition) is 2. The first-order valence-electron chi connectivity index (χ1n) is 16.4. The van der Waals surface area contributed by atoms with Gasteiger partial charge in [-0.25, -0.2) is 0 Å². The van der Waals surface area contributed by atoms with Crippen molar-refractivity contribution in [2.45, 2.75) is 19.8 Å². The molecule has 0 unspecified atom stereocenters. The Labute approximate surface area is 272 Å². The van der Waals surface area contributed by atoms with Crippen molar-refractivity contribution >= 4 is 75.4 Å². The van der Waals surface area contributed by atoms with Crippen molar-refractivity contribution in [2.75, 3.05) is 0 Å². The molecule has 0 spiro atoms. The van der Waals surface area contributed by atoms with E-state index in [1.165, 1.54) is 81.0 Å². The number of fused-ring (bicyclic) bond motifs is 9. The highest BCUT2D eigenvalue weighted by molar-refractivity contribution is 6.41. The first-order valence-corrected chi connectivity index (χ1v) is 16.4. The summed E-state index contributed by atoms with van der Waals surface area (Å²) in [5.74, 6) is 3.79. The fourth-order valence-corrected chi connectivity index (χ4v) is 7.80. The molecule has 47 heavy (non-hydrogen) atoms. The molecule has 10 aromatic rings. The summed E-state index contributed by atoms with van der Waals surface area (Å²) in [4.78, 5) is 0. The van der Waals surface area contributed by atoms with Gasteiger partial charge in [-0.3, -0.25) is 0 Å². The Morgan fingerprint density at radius 3 is 1.26 bits per heavy atom. The van der Waals surface area contributed by atoms with Crippen molar-refractivity contribution in [1.29, 1.82) is 0 Å². The van der Waals surface area contributed by atoms with Crippen LogP contribution in [0.15, 0.2) is 140 Å². The maximum Gasteiger partial charge on any atom is 0.128 e. The lowest BCUT2D eigenvalue weighted by molar-refractivity contribution is 0.483. The van der Waals surface area contributed by atoms with E-state index in [0.29, 0.717) is 5.92 Å². The molecule has 0 atom stereocenters. The van der Waals surface area contributed by atoms with Crippen LogP contribution in [0.5, 0.6) is 23.0 Å². The van der Waals surface area contributed by atoms with E-state index in [1.54, 1.807) is 0 Å². The highest BCUT2D eigenvalue weighted by Gasteiger charge is 2.21. The summed E-state index contributed by atoms with van der Waals surface area (Å²) in [6.45, 7) is 4.58. The Kier molecular flexibility index (Phi) is 5.51. The van der Waals surface area contributed by atoms with Gasteiger partial charge in [0.1, 0.15) is 23.0 Å². The fraction of sp³-hybridized carbons (Fsp3) is 0.0667. The van der Waals surface area contributed by atoms with E-state index in [-0.39, 0.29) is 0 Å². The van der Waals surface area contributed by atoms with Crippen LogP contribution in [0.2, 0.25) is 0 Å². The zero-order valence-corrected chi connectivity index (χ0v) is 26.2. The van der Waals surface area contributed by atoms with Crippen LogP contribution in [0.25, 0.3) is 75.4 Å². The largest absolute Gasteiger partial charge is 0.457 e. The topological polar surface area (TPSA) is 18.5 Å². The molecule has 0 N–H and O–H groups in total. The maximum absolute atomic E-state index is 6.31. The molecule has 0 amide bonds. The molecule has 2 nitrogen and oxygen atoms in total. The molecular formula is C45H30O2. The predicted molar refractivity (Wildman–Crippen MR) is 198 cm³/mol. The van der Waals surface area contributed by atoms with Crippen LogP contribution >= 0.6 is 0 Å². The summed E-state index contributed by atoms with van der Waals surface area (Å²) in [7, 11) is 0. The Bertz CT molecular complexity index is 2800. The fourth-order valence-electron chi connectivity index (χ4n) is 7.80. The molecule has 0 heterocycles. The van der Waals surface area contributed by atoms with Gasteiger partial charge < -0.3 is 9.47 Å². The highest BCUT2D eigenvalue weighted by Crippen LogP contribution is 2.49. The van der Waals surface area contributed by atoms with Gasteiger partial charge in [0.2, 0.25) is 0 Å². The minimum Gasteiger partial charge on any atom is -0.457 e. The van der Waals surface area contributed by atoms with E-state index in [0.717, 1.165) is 23.0 Å². The van der Waals surface area contributed by atoms with Gasteiger partial charge in [-0.2, -0.15) is 0 Å². The Balaban J connectivity index is 1.27. The molecule has 0 bridgehead atoms. The molecule has 0 aliphatic heterocycles. The van der Waals surface area contributed by atoms with Crippen LogP contribution in [-0.2, 0) is 0 Å². The molecule has 0 fully saturated rings. The monoisotopic (exact) mass is 602 g/mol. The lowest BCUT2D eigenvalue weighted by Crippen LogP contribution is -1.89. The summed E-state index contributed by atoms with van der Waals surface area (Å²) in [5, 5.41) is 18.0. The van der Waals surface area contributed by atoms with Gasteiger partial charge in [-0.05, 0) is 148 Å². The summed E-state index contributed by atoms with van der Waals surface area (Å²) >= 11 is 0. The van der Waals surface area contributed by atoms with Gasteiger partial charge in [-0.1, -0.05) is 92.7 Å². The second-order valence-electron chi connectivity index (χ2n) is 13.1. The highest BCUT2D eigenvalue weighted by atomic mass is 16.5. The summed E-state index contributed by atoms with van der Waals surface area (Å²) < 4.78 is 12.6. The van der Waals surface area contributed by atoms with Crippen LogP contribution in [0.1, 0.15) is 25.3 Å². The van der Waals surface area contributed by atoms with Crippen molar-refractivity contribution in [1.82, 2.24) is 0 Å².